The second-order valence-corrected chi connectivity index (χ2v) is 6.57. The number of carbonyl (C=O) groups is 1. The maximum Gasteiger partial charge on any atom is 0.271 e. The normalized spacial score (nSPS) is 11.0. The Balaban J connectivity index is 1.51. The van der Waals surface area contributed by atoms with Gasteiger partial charge >= 0.3 is 0 Å². The molecule has 0 atom stereocenters. The maximum absolute atomic E-state index is 12.2. The van der Waals surface area contributed by atoms with Gasteiger partial charge in [-0.1, -0.05) is 0 Å². The lowest BCUT2D eigenvalue weighted by Gasteiger charge is -2.05. The third-order valence-electron chi connectivity index (χ3n) is 3.88. The van der Waals surface area contributed by atoms with E-state index in [9.17, 15) is 4.79 Å². The predicted molar refractivity (Wildman–Crippen MR) is 96.2 cm³/mol. The molecular weight excluding hydrogens is 386 g/mol. The van der Waals surface area contributed by atoms with Crippen molar-refractivity contribution in [3.05, 3.63) is 52.5 Å². The van der Waals surface area contributed by atoms with Crippen molar-refractivity contribution in [2.45, 2.75) is 33.5 Å². The summed E-state index contributed by atoms with van der Waals surface area (Å²) in [6.07, 6.45) is 8.03. The first kappa shape index (κ1) is 17.4. The number of amides is 1. The molecule has 0 aromatic carbocycles. The quantitative estimate of drug-likeness (QED) is 0.609. The Morgan fingerprint density at radius 2 is 2.12 bits per heavy atom. The van der Waals surface area contributed by atoms with Gasteiger partial charge < -0.3 is 9.88 Å². The SMILES string of the molecule is Cc1nn(Cn2ccc(C(=O)NCCCn3ccnc3)n2)c(C)c1Br. The molecule has 1 N–H and O–H groups in total. The van der Waals surface area contributed by atoms with E-state index in [-0.39, 0.29) is 5.91 Å². The van der Waals surface area contributed by atoms with Gasteiger partial charge in [0.1, 0.15) is 12.4 Å². The van der Waals surface area contributed by atoms with Gasteiger partial charge in [0.15, 0.2) is 0 Å². The van der Waals surface area contributed by atoms with Crippen molar-refractivity contribution < 1.29 is 4.79 Å². The highest BCUT2D eigenvalue weighted by Crippen LogP contribution is 2.19. The van der Waals surface area contributed by atoms with Gasteiger partial charge in [-0.05, 0) is 42.3 Å². The van der Waals surface area contributed by atoms with Crippen LogP contribution in [0.15, 0.2) is 35.5 Å². The molecule has 0 radical (unpaired) electrons. The van der Waals surface area contributed by atoms with Gasteiger partial charge in [0.25, 0.3) is 5.91 Å². The molecule has 0 unspecified atom stereocenters. The van der Waals surface area contributed by atoms with Crippen LogP contribution in [0, 0.1) is 13.8 Å². The Kier molecular flexibility index (Phi) is 5.32. The average molecular weight is 406 g/mol. The van der Waals surface area contributed by atoms with Crippen LogP contribution in [0.4, 0.5) is 0 Å². The summed E-state index contributed by atoms with van der Waals surface area (Å²) in [5.41, 5.74) is 2.36. The van der Waals surface area contributed by atoms with Gasteiger partial charge in [0.2, 0.25) is 0 Å². The summed E-state index contributed by atoms with van der Waals surface area (Å²) in [5, 5.41) is 11.7. The van der Waals surface area contributed by atoms with E-state index >= 15 is 0 Å². The zero-order chi connectivity index (χ0) is 17.8. The fourth-order valence-corrected chi connectivity index (χ4v) is 2.77. The Labute approximate surface area is 154 Å². The number of hydrogen-bond donors (Lipinski definition) is 1. The standard InChI is InChI=1S/C16H20BrN7O/c1-12-15(17)13(2)24(20-12)11-23-8-4-14(21-23)16(25)19-5-3-7-22-9-6-18-10-22/h4,6,8-10H,3,5,7,11H2,1-2H3,(H,19,25). The highest BCUT2D eigenvalue weighted by Gasteiger charge is 2.12. The van der Waals surface area contributed by atoms with Gasteiger partial charge in [-0.25, -0.2) is 9.67 Å². The minimum Gasteiger partial charge on any atom is -0.351 e. The van der Waals surface area contributed by atoms with Crippen molar-refractivity contribution in [1.82, 2.24) is 34.4 Å². The van der Waals surface area contributed by atoms with Crippen LogP contribution in [0.25, 0.3) is 0 Å². The van der Waals surface area contributed by atoms with Crippen LogP contribution in [0.5, 0.6) is 0 Å². The largest absolute Gasteiger partial charge is 0.351 e. The number of hydrogen-bond acceptors (Lipinski definition) is 4. The van der Waals surface area contributed by atoms with Crippen molar-refractivity contribution in [2.24, 2.45) is 0 Å². The summed E-state index contributed by atoms with van der Waals surface area (Å²) in [4.78, 5) is 16.1. The van der Waals surface area contributed by atoms with E-state index in [2.05, 4.69) is 36.4 Å². The van der Waals surface area contributed by atoms with Crippen LogP contribution < -0.4 is 5.32 Å². The number of nitrogens with one attached hydrogen (secondary N) is 1. The summed E-state index contributed by atoms with van der Waals surface area (Å²) in [7, 11) is 0. The summed E-state index contributed by atoms with van der Waals surface area (Å²) >= 11 is 3.51. The van der Waals surface area contributed by atoms with Crippen molar-refractivity contribution in [3.8, 4) is 0 Å². The van der Waals surface area contributed by atoms with E-state index in [1.54, 1.807) is 29.5 Å². The van der Waals surface area contributed by atoms with Crippen LogP contribution >= 0.6 is 15.9 Å². The van der Waals surface area contributed by atoms with Crippen molar-refractivity contribution in [3.63, 3.8) is 0 Å². The fourth-order valence-electron chi connectivity index (χ4n) is 2.48. The fraction of sp³-hybridized carbons (Fsp3) is 0.375. The topological polar surface area (TPSA) is 82.6 Å². The Morgan fingerprint density at radius 1 is 1.28 bits per heavy atom. The van der Waals surface area contributed by atoms with Crippen molar-refractivity contribution in [1.29, 1.82) is 0 Å². The molecule has 0 aliphatic heterocycles. The molecule has 0 fully saturated rings. The molecule has 0 spiro atoms. The second-order valence-electron chi connectivity index (χ2n) is 5.78. The zero-order valence-corrected chi connectivity index (χ0v) is 15.8. The third-order valence-corrected chi connectivity index (χ3v) is 5.03. The van der Waals surface area contributed by atoms with Crippen LogP contribution in [0.3, 0.4) is 0 Å². The van der Waals surface area contributed by atoms with Gasteiger partial charge in [-0.2, -0.15) is 10.2 Å². The monoisotopic (exact) mass is 405 g/mol. The first-order valence-corrected chi connectivity index (χ1v) is 8.81. The summed E-state index contributed by atoms with van der Waals surface area (Å²) in [6, 6.07) is 1.71. The third kappa shape index (κ3) is 4.16. The van der Waals surface area contributed by atoms with Gasteiger partial charge in [-0.15, -0.1) is 0 Å². The molecule has 0 saturated carbocycles. The number of halogens is 1. The number of aromatic nitrogens is 6. The average Bonchev–Trinajstić information content (AvgIpc) is 3.32. The van der Waals surface area contributed by atoms with Crippen LogP contribution in [0.1, 0.15) is 28.3 Å². The van der Waals surface area contributed by atoms with Gasteiger partial charge in [-0.3, -0.25) is 9.48 Å². The molecule has 8 nitrogen and oxygen atoms in total. The minimum absolute atomic E-state index is 0.168. The smallest absolute Gasteiger partial charge is 0.271 e. The van der Waals surface area contributed by atoms with Crippen LogP contribution in [-0.2, 0) is 13.2 Å². The molecule has 25 heavy (non-hydrogen) atoms. The molecule has 132 valence electrons. The number of imidazole rings is 1. The molecule has 0 bridgehead atoms. The highest BCUT2D eigenvalue weighted by atomic mass is 79.9. The van der Waals surface area contributed by atoms with Gasteiger partial charge in [0.05, 0.1) is 22.2 Å². The first-order chi connectivity index (χ1) is 12.0. The Hall–Kier alpha value is -2.42. The number of rotatable bonds is 7. The lowest BCUT2D eigenvalue weighted by molar-refractivity contribution is 0.0946. The zero-order valence-electron chi connectivity index (χ0n) is 14.2. The summed E-state index contributed by atoms with van der Waals surface area (Å²) in [5.74, 6) is -0.168. The number of aryl methyl sites for hydroxylation is 2. The second kappa shape index (κ2) is 7.64. The summed E-state index contributed by atoms with van der Waals surface area (Å²) < 4.78 is 6.52. The number of carbonyl (C=O) groups excluding carboxylic acids is 1. The molecule has 3 aromatic rings. The van der Waals surface area contributed by atoms with Crippen molar-refractivity contribution in [2.75, 3.05) is 6.54 Å². The molecule has 3 aromatic heterocycles. The number of nitrogens with zero attached hydrogens (tertiary/aromatic N) is 6. The predicted octanol–water partition coefficient (Wildman–Crippen LogP) is 1.98. The Morgan fingerprint density at radius 3 is 2.80 bits per heavy atom. The van der Waals surface area contributed by atoms with E-state index in [1.165, 1.54) is 0 Å². The van der Waals surface area contributed by atoms with E-state index < -0.39 is 0 Å². The maximum atomic E-state index is 12.2. The van der Waals surface area contributed by atoms with Gasteiger partial charge in [0, 0.05) is 31.7 Å². The molecule has 0 saturated heterocycles. The Bertz CT molecular complexity index is 850. The lowest BCUT2D eigenvalue weighted by Crippen LogP contribution is -2.26. The van der Waals surface area contributed by atoms with Crippen LogP contribution in [-0.4, -0.2) is 41.6 Å². The molecule has 0 aliphatic carbocycles. The molecule has 0 aliphatic rings. The van der Waals surface area contributed by atoms with Crippen molar-refractivity contribution >= 4 is 21.8 Å². The van der Waals surface area contributed by atoms with E-state index in [0.717, 1.165) is 28.8 Å². The van der Waals surface area contributed by atoms with E-state index in [4.69, 9.17) is 0 Å². The minimum atomic E-state index is -0.168. The molecule has 9 heteroatoms. The van der Waals surface area contributed by atoms with Crippen LogP contribution in [0.2, 0.25) is 0 Å². The molecule has 3 rings (SSSR count). The lowest BCUT2D eigenvalue weighted by atomic mass is 10.3. The molecule has 3 heterocycles. The highest BCUT2D eigenvalue weighted by molar-refractivity contribution is 9.10. The summed E-state index contributed by atoms with van der Waals surface area (Å²) in [6.45, 7) is 5.81. The van der Waals surface area contributed by atoms with E-state index in [1.807, 2.05) is 29.3 Å². The molecule has 1 amide bonds. The molecular formula is C16H20BrN7O. The van der Waals surface area contributed by atoms with E-state index in [0.29, 0.717) is 18.9 Å². The first-order valence-electron chi connectivity index (χ1n) is 8.01.